The van der Waals surface area contributed by atoms with Crippen LogP contribution in [-0.2, 0) is 0 Å². The Balaban J connectivity index is 1.58. The molecule has 0 aliphatic rings. The molecule has 0 spiro atoms. The van der Waals surface area contributed by atoms with Gasteiger partial charge in [-0.3, -0.25) is 9.59 Å². The number of aryl methyl sites for hydroxylation is 2. The average molecular weight is 401 g/mol. The molecule has 2 N–H and O–H groups in total. The quantitative estimate of drug-likeness (QED) is 0.644. The highest BCUT2D eigenvalue weighted by Crippen LogP contribution is 2.18. The van der Waals surface area contributed by atoms with Gasteiger partial charge in [0, 0.05) is 18.7 Å². The molecule has 28 heavy (non-hydrogen) atoms. The van der Waals surface area contributed by atoms with Crippen LogP contribution in [0.25, 0.3) is 11.0 Å². The number of halogens is 2. The maximum atomic E-state index is 13.7. The molecule has 3 rings (SSSR count). The van der Waals surface area contributed by atoms with Crippen LogP contribution in [-0.4, -0.2) is 34.9 Å². The second-order valence-corrected chi connectivity index (χ2v) is 6.61. The van der Waals surface area contributed by atoms with Crippen molar-refractivity contribution in [3.05, 3.63) is 69.8 Å². The molecule has 6 nitrogen and oxygen atoms in total. The van der Waals surface area contributed by atoms with E-state index in [1.807, 2.05) is 13.8 Å². The van der Waals surface area contributed by atoms with E-state index >= 15 is 0 Å². The Labute approximate surface area is 166 Å². The maximum absolute atomic E-state index is 13.7. The van der Waals surface area contributed by atoms with Crippen molar-refractivity contribution in [3.8, 4) is 0 Å². The average Bonchev–Trinajstić information content (AvgIpc) is 2.65. The van der Waals surface area contributed by atoms with Crippen molar-refractivity contribution in [2.75, 3.05) is 13.1 Å². The van der Waals surface area contributed by atoms with Gasteiger partial charge < -0.3 is 10.6 Å². The lowest BCUT2D eigenvalue weighted by Crippen LogP contribution is -2.35. The number of rotatable bonds is 5. The minimum absolute atomic E-state index is 0.0318. The molecule has 0 bridgehead atoms. The summed E-state index contributed by atoms with van der Waals surface area (Å²) in [6.07, 6.45) is 0. The molecule has 1 aromatic heterocycles. The number of nitrogens with one attached hydrogen (secondary N) is 2. The number of nitrogens with zero attached hydrogens (tertiary/aromatic N) is 2. The van der Waals surface area contributed by atoms with E-state index < -0.39 is 11.7 Å². The zero-order chi connectivity index (χ0) is 20.3. The molecule has 0 fully saturated rings. The molecule has 0 unspecified atom stereocenters. The fraction of sp³-hybridized carbons (Fsp3) is 0.200. The Hall–Kier alpha value is -3.06. The van der Waals surface area contributed by atoms with Crippen LogP contribution in [0.5, 0.6) is 0 Å². The lowest BCUT2D eigenvalue weighted by Gasteiger charge is -2.09. The Morgan fingerprint density at radius 2 is 1.61 bits per heavy atom. The first kappa shape index (κ1) is 19.7. The molecule has 0 saturated heterocycles. The standard InChI is InChI=1S/C20H18ClFN4O2/c1-11-12(2)26-17-10-13(6-7-16(17)25-11)19(27)23-8-9-24-20(28)18-14(21)4-3-5-15(18)22/h3-7,10H,8-9H2,1-2H3,(H,23,27)(H,24,28). The van der Waals surface area contributed by atoms with Crippen LogP contribution >= 0.6 is 11.6 Å². The van der Waals surface area contributed by atoms with Crippen LogP contribution in [0.4, 0.5) is 4.39 Å². The Morgan fingerprint density at radius 1 is 0.964 bits per heavy atom. The zero-order valence-corrected chi connectivity index (χ0v) is 16.1. The van der Waals surface area contributed by atoms with Crippen molar-refractivity contribution in [2.24, 2.45) is 0 Å². The van der Waals surface area contributed by atoms with E-state index in [4.69, 9.17) is 11.6 Å². The number of amides is 2. The molecule has 1 heterocycles. The monoisotopic (exact) mass is 400 g/mol. The van der Waals surface area contributed by atoms with E-state index in [1.54, 1.807) is 18.2 Å². The fourth-order valence-electron chi connectivity index (χ4n) is 2.63. The largest absolute Gasteiger partial charge is 0.350 e. The minimum atomic E-state index is -0.697. The normalized spacial score (nSPS) is 10.7. The summed E-state index contributed by atoms with van der Waals surface area (Å²) in [5.74, 6) is -1.64. The summed E-state index contributed by atoms with van der Waals surface area (Å²) >= 11 is 5.85. The third-order valence-electron chi connectivity index (χ3n) is 4.22. The molecular weight excluding hydrogens is 383 g/mol. The Bertz CT molecular complexity index is 1050. The SMILES string of the molecule is Cc1nc2ccc(C(=O)NCCNC(=O)c3c(F)cccc3Cl)cc2nc1C. The molecule has 0 radical (unpaired) electrons. The van der Waals surface area contributed by atoms with E-state index in [0.717, 1.165) is 17.5 Å². The van der Waals surface area contributed by atoms with Gasteiger partial charge in [-0.05, 0) is 44.2 Å². The molecule has 0 atom stereocenters. The van der Waals surface area contributed by atoms with E-state index in [0.29, 0.717) is 16.6 Å². The predicted molar refractivity (Wildman–Crippen MR) is 105 cm³/mol. The molecule has 8 heteroatoms. The van der Waals surface area contributed by atoms with Crippen molar-refractivity contribution < 1.29 is 14.0 Å². The molecule has 2 amide bonds. The van der Waals surface area contributed by atoms with Gasteiger partial charge in [-0.25, -0.2) is 14.4 Å². The zero-order valence-electron chi connectivity index (χ0n) is 15.3. The Kier molecular flexibility index (Phi) is 5.84. The lowest BCUT2D eigenvalue weighted by molar-refractivity contribution is 0.0925. The second kappa shape index (κ2) is 8.31. The summed E-state index contributed by atoms with van der Waals surface area (Å²) in [7, 11) is 0. The van der Waals surface area contributed by atoms with Crippen molar-refractivity contribution in [2.45, 2.75) is 13.8 Å². The lowest BCUT2D eigenvalue weighted by atomic mass is 10.1. The number of hydrogen-bond donors (Lipinski definition) is 2. The highest BCUT2D eigenvalue weighted by atomic mass is 35.5. The summed E-state index contributed by atoms with van der Waals surface area (Å²) in [6, 6.07) is 9.10. The Morgan fingerprint density at radius 3 is 2.29 bits per heavy atom. The van der Waals surface area contributed by atoms with Gasteiger partial charge in [0.15, 0.2) is 0 Å². The predicted octanol–water partition coefficient (Wildman–Crippen LogP) is 3.20. The van der Waals surface area contributed by atoms with Crippen molar-refractivity contribution >= 4 is 34.4 Å². The van der Waals surface area contributed by atoms with Crippen molar-refractivity contribution in [1.29, 1.82) is 0 Å². The van der Waals surface area contributed by atoms with Crippen LogP contribution in [0.15, 0.2) is 36.4 Å². The maximum Gasteiger partial charge on any atom is 0.255 e. The first-order valence-corrected chi connectivity index (χ1v) is 9.00. The van der Waals surface area contributed by atoms with E-state index in [9.17, 15) is 14.0 Å². The molecular formula is C20H18ClFN4O2. The van der Waals surface area contributed by atoms with Crippen LogP contribution in [0.2, 0.25) is 5.02 Å². The van der Waals surface area contributed by atoms with Gasteiger partial charge in [0.25, 0.3) is 11.8 Å². The number of carbonyl (C=O) groups is 2. The van der Waals surface area contributed by atoms with E-state index in [-0.39, 0.29) is 29.6 Å². The second-order valence-electron chi connectivity index (χ2n) is 6.21. The number of fused-ring (bicyclic) bond motifs is 1. The number of benzene rings is 2. The van der Waals surface area contributed by atoms with Crippen LogP contribution < -0.4 is 10.6 Å². The highest BCUT2D eigenvalue weighted by molar-refractivity contribution is 6.33. The molecule has 2 aromatic carbocycles. The summed E-state index contributed by atoms with van der Waals surface area (Å²) in [5, 5.41) is 5.26. The summed E-state index contributed by atoms with van der Waals surface area (Å²) < 4.78 is 13.7. The van der Waals surface area contributed by atoms with Gasteiger partial charge in [0.2, 0.25) is 0 Å². The van der Waals surface area contributed by atoms with Gasteiger partial charge >= 0.3 is 0 Å². The van der Waals surface area contributed by atoms with Crippen LogP contribution in [0.3, 0.4) is 0 Å². The smallest absolute Gasteiger partial charge is 0.255 e. The fourth-order valence-corrected chi connectivity index (χ4v) is 2.88. The summed E-state index contributed by atoms with van der Waals surface area (Å²) in [6.45, 7) is 4.04. The van der Waals surface area contributed by atoms with E-state index in [2.05, 4.69) is 20.6 Å². The van der Waals surface area contributed by atoms with Crippen molar-refractivity contribution in [3.63, 3.8) is 0 Å². The van der Waals surface area contributed by atoms with Gasteiger partial charge in [0.1, 0.15) is 5.82 Å². The number of hydrogen-bond acceptors (Lipinski definition) is 4. The number of aromatic nitrogens is 2. The van der Waals surface area contributed by atoms with Gasteiger partial charge in [-0.1, -0.05) is 17.7 Å². The van der Waals surface area contributed by atoms with Gasteiger partial charge in [-0.2, -0.15) is 0 Å². The highest BCUT2D eigenvalue weighted by Gasteiger charge is 2.15. The van der Waals surface area contributed by atoms with Gasteiger partial charge in [-0.15, -0.1) is 0 Å². The first-order valence-electron chi connectivity index (χ1n) is 8.62. The molecule has 0 aliphatic carbocycles. The third-order valence-corrected chi connectivity index (χ3v) is 4.54. The van der Waals surface area contributed by atoms with Gasteiger partial charge in [0.05, 0.1) is 33.0 Å². The summed E-state index contributed by atoms with van der Waals surface area (Å²) in [4.78, 5) is 33.2. The van der Waals surface area contributed by atoms with Crippen LogP contribution in [0.1, 0.15) is 32.1 Å². The molecule has 0 aliphatic heterocycles. The third kappa shape index (κ3) is 4.26. The minimum Gasteiger partial charge on any atom is -0.350 e. The molecule has 144 valence electrons. The van der Waals surface area contributed by atoms with E-state index in [1.165, 1.54) is 12.1 Å². The van der Waals surface area contributed by atoms with Crippen LogP contribution in [0, 0.1) is 19.7 Å². The first-order chi connectivity index (χ1) is 13.4. The molecule has 0 saturated carbocycles. The molecule has 3 aromatic rings. The van der Waals surface area contributed by atoms with Crippen molar-refractivity contribution in [1.82, 2.24) is 20.6 Å². The summed E-state index contributed by atoms with van der Waals surface area (Å²) in [5.41, 5.74) is 3.23. The topological polar surface area (TPSA) is 84.0 Å². The number of carbonyl (C=O) groups excluding carboxylic acids is 2.